The lowest BCUT2D eigenvalue weighted by Gasteiger charge is -2.15. The highest BCUT2D eigenvalue weighted by Gasteiger charge is 2.20. The van der Waals surface area contributed by atoms with E-state index in [0.29, 0.717) is 5.92 Å². The van der Waals surface area contributed by atoms with E-state index in [0.717, 1.165) is 0 Å². The molecule has 0 saturated carbocycles. The molecule has 0 heteroatoms. The minimum absolute atomic E-state index is 0.492. The molecule has 1 aromatic rings. The van der Waals surface area contributed by atoms with Gasteiger partial charge in [-0.3, -0.25) is 0 Å². The van der Waals surface area contributed by atoms with E-state index in [1.165, 1.54) is 50.1 Å². The second kappa shape index (κ2) is 9.09. The molecule has 2 aliphatic carbocycles. The third kappa shape index (κ3) is 4.77. The van der Waals surface area contributed by atoms with Crippen molar-refractivity contribution >= 4 is 6.08 Å². The smallest absolute Gasteiger partial charge is 0.0103 e. The van der Waals surface area contributed by atoms with Crippen LogP contribution in [0.2, 0.25) is 0 Å². The molecule has 0 saturated heterocycles. The highest BCUT2D eigenvalue weighted by Crippen LogP contribution is 2.38. The van der Waals surface area contributed by atoms with Gasteiger partial charge >= 0.3 is 0 Å². The zero-order valence-corrected chi connectivity index (χ0v) is 18.6. The Labute approximate surface area is 176 Å². The van der Waals surface area contributed by atoms with Gasteiger partial charge in [0.2, 0.25) is 0 Å². The predicted molar refractivity (Wildman–Crippen MR) is 129 cm³/mol. The van der Waals surface area contributed by atoms with Crippen LogP contribution in [-0.2, 0) is 0 Å². The number of hydrogen-bond acceptors (Lipinski definition) is 0. The van der Waals surface area contributed by atoms with Gasteiger partial charge in [0.15, 0.2) is 0 Å². The zero-order chi connectivity index (χ0) is 21.0. The molecule has 2 aliphatic rings. The Morgan fingerprint density at radius 1 is 0.759 bits per heavy atom. The number of fused-ring (bicyclic) bond motifs is 1. The number of hydrogen-bond donors (Lipinski definition) is 0. The van der Waals surface area contributed by atoms with Crippen molar-refractivity contribution in [3.05, 3.63) is 123 Å². The van der Waals surface area contributed by atoms with Gasteiger partial charge in [-0.1, -0.05) is 92.8 Å². The predicted octanol–water partition coefficient (Wildman–Crippen LogP) is 8.32. The summed E-state index contributed by atoms with van der Waals surface area (Å²) in [6, 6.07) is 10.4. The van der Waals surface area contributed by atoms with Gasteiger partial charge in [0.25, 0.3) is 0 Å². The van der Waals surface area contributed by atoms with Gasteiger partial charge in [-0.25, -0.2) is 0 Å². The lowest BCUT2D eigenvalue weighted by molar-refractivity contribution is 0.777. The maximum Gasteiger partial charge on any atom is -0.0103 e. The largest absolute Gasteiger partial charge is 0.0622 e. The van der Waals surface area contributed by atoms with Gasteiger partial charge in [-0.05, 0) is 83.8 Å². The summed E-state index contributed by atoms with van der Waals surface area (Å²) in [7, 11) is 0. The first-order valence-electron chi connectivity index (χ1n) is 10.5. The SMILES string of the molecule is CC1=CC(C)=C2C(C)=C(C)C=CC(/C=C\C=C\c3ccccc3)=C2C=C1C(C)C. The number of allylic oxidation sites excluding steroid dienone is 15. The monoisotopic (exact) mass is 380 g/mol. The van der Waals surface area contributed by atoms with Crippen molar-refractivity contribution in [3.63, 3.8) is 0 Å². The Bertz CT molecular complexity index is 1020. The van der Waals surface area contributed by atoms with Crippen LogP contribution in [0, 0.1) is 5.92 Å². The van der Waals surface area contributed by atoms with E-state index in [9.17, 15) is 0 Å². The molecule has 0 nitrogen and oxygen atoms in total. The van der Waals surface area contributed by atoms with Crippen LogP contribution in [0.15, 0.2) is 117 Å². The Kier molecular flexibility index (Phi) is 6.54. The van der Waals surface area contributed by atoms with Crippen molar-refractivity contribution in [1.29, 1.82) is 0 Å². The molecule has 0 radical (unpaired) electrons. The Morgan fingerprint density at radius 2 is 1.45 bits per heavy atom. The second-order valence-corrected chi connectivity index (χ2v) is 8.28. The van der Waals surface area contributed by atoms with E-state index in [2.05, 4.69) is 114 Å². The van der Waals surface area contributed by atoms with Crippen LogP contribution < -0.4 is 0 Å². The maximum absolute atomic E-state index is 2.41. The van der Waals surface area contributed by atoms with Crippen LogP contribution in [0.3, 0.4) is 0 Å². The highest BCUT2D eigenvalue weighted by atomic mass is 14.2. The molecule has 0 atom stereocenters. The molecular weight excluding hydrogens is 348 g/mol. The molecular formula is C29H32. The third-order valence-electron chi connectivity index (χ3n) is 5.74. The van der Waals surface area contributed by atoms with Crippen LogP contribution in [0.5, 0.6) is 0 Å². The van der Waals surface area contributed by atoms with Crippen LogP contribution in [0.4, 0.5) is 0 Å². The number of benzene rings is 1. The highest BCUT2D eigenvalue weighted by molar-refractivity contribution is 5.68. The van der Waals surface area contributed by atoms with Crippen molar-refractivity contribution in [1.82, 2.24) is 0 Å². The van der Waals surface area contributed by atoms with E-state index < -0.39 is 0 Å². The second-order valence-electron chi connectivity index (χ2n) is 8.28. The fourth-order valence-corrected chi connectivity index (χ4v) is 4.04. The fraction of sp³-hybridized carbons (Fsp3) is 0.241. The van der Waals surface area contributed by atoms with Gasteiger partial charge in [0.1, 0.15) is 0 Å². The van der Waals surface area contributed by atoms with Crippen LogP contribution in [0.1, 0.15) is 47.1 Å². The van der Waals surface area contributed by atoms with Gasteiger partial charge in [0.05, 0.1) is 0 Å². The van der Waals surface area contributed by atoms with Crippen molar-refractivity contribution in [2.24, 2.45) is 5.92 Å². The molecule has 0 aromatic heterocycles. The van der Waals surface area contributed by atoms with E-state index >= 15 is 0 Å². The van der Waals surface area contributed by atoms with Gasteiger partial charge in [-0.15, -0.1) is 0 Å². The van der Waals surface area contributed by atoms with Crippen LogP contribution in [0.25, 0.3) is 6.08 Å². The molecule has 0 heterocycles. The van der Waals surface area contributed by atoms with Gasteiger partial charge in [-0.2, -0.15) is 0 Å². The maximum atomic E-state index is 2.41. The minimum Gasteiger partial charge on any atom is -0.0622 e. The van der Waals surface area contributed by atoms with Crippen LogP contribution >= 0.6 is 0 Å². The first-order valence-corrected chi connectivity index (χ1v) is 10.5. The molecule has 0 spiro atoms. The molecule has 148 valence electrons. The van der Waals surface area contributed by atoms with Gasteiger partial charge < -0.3 is 0 Å². The number of rotatable bonds is 4. The lowest BCUT2D eigenvalue weighted by Crippen LogP contribution is -1.98. The Balaban J connectivity index is 2.10. The molecule has 3 rings (SSSR count). The minimum atomic E-state index is 0.492. The van der Waals surface area contributed by atoms with Gasteiger partial charge in [0, 0.05) is 0 Å². The molecule has 1 aromatic carbocycles. The summed E-state index contributed by atoms with van der Waals surface area (Å²) in [6.45, 7) is 13.5. The summed E-state index contributed by atoms with van der Waals surface area (Å²) < 4.78 is 0. The average molecular weight is 381 g/mol. The summed E-state index contributed by atoms with van der Waals surface area (Å²) in [5.74, 6) is 0.492. The first kappa shape index (κ1) is 20.9. The molecule has 0 aliphatic heterocycles. The standard InChI is InChI=1S/C29H32/c1-20(2)27-19-28-26(15-11-10-14-25-12-8-7-9-13-25)17-16-21(3)24(6)29(28)23(5)18-22(27)4/h7-20H,1-6H3/b14-10+,15-11-. The van der Waals surface area contributed by atoms with E-state index in [-0.39, 0.29) is 0 Å². The lowest BCUT2D eigenvalue weighted by atomic mass is 9.89. The topological polar surface area (TPSA) is 0 Å². The summed E-state index contributed by atoms with van der Waals surface area (Å²) >= 11 is 0. The Morgan fingerprint density at radius 3 is 2.14 bits per heavy atom. The third-order valence-corrected chi connectivity index (χ3v) is 5.74. The molecule has 0 bridgehead atoms. The molecule has 0 fully saturated rings. The van der Waals surface area contributed by atoms with E-state index in [4.69, 9.17) is 0 Å². The van der Waals surface area contributed by atoms with Crippen molar-refractivity contribution in [2.45, 2.75) is 41.5 Å². The zero-order valence-electron chi connectivity index (χ0n) is 18.6. The summed E-state index contributed by atoms with van der Waals surface area (Å²) in [5.41, 5.74) is 12.0. The van der Waals surface area contributed by atoms with Crippen LogP contribution in [-0.4, -0.2) is 0 Å². The average Bonchev–Trinajstić information content (AvgIpc) is 2.89. The normalized spacial score (nSPS) is 17.9. The molecule has 0 N–H and O–H groups in total. The first-order chi connectivity index (χ1) is 13.9. The quantitative estimate of drug-likeness (QED) is 0.461. The van der Waals surface area contributed by atoms with Crippen molar-refractivity contribution in [3.8, 4) is 0 Å². The van der Waals surface area contributed by atoms with E-state index in [1.807, 2.05) is 6.07 Å². The van der Waals surface area contributed by atoms with Crippen molar-refractivity contribution in [2.75, 3.05) is 0 Å². The fourth-order valence-electron chi connectivity index (χ4n) is 4.04. The summed E-state index contributed by atoms with van der Waals surface area (Å²) in [4.78, 5) is 0. The Hall–Kier alpha value is -2.86. The molecule has 29 heavy (non-hydrogen) atoms. The molecule has 0 unspecified atom stereocenters. The summed E-state index contributed by atoms with van der Waals surface area (Å²) in [5, 5.41) is 0. The summed E-state index contributed by atoms with van der Waals surface area (Å²) in [6.07, 6.45) is 17.9. The van der Waals surface area contributed by atoms with Crippen molar-refractivity contribution < 1.29 is 0 Å². The molecule has 0 amide bonds. The van der Waals surface area contributed by atoms with E-state index in [1.54, 1.807) is 0 Å².